The lowest BCUT2D eigenvalue weighted by Crippen LogP contribution is -2.47. The van der Waals surface area contributed by atoms with E-state index in [-0.39, 0.29) is 5.54 Å². The second kappa shape index (κ2) is 4.69. The zero-order valence-electron chi connectivity index (χ0n) is 11.2. The average Bonchev–Trinajstić information content (AvgIpc) is 2.29. The first-order valence-corrected chi connectivity index (χ1v) is 6.67. The molecule has 2 heteroatoms. The Morgan fingerprint density at radius 2 is 2.24 bits per heavy atom. The predicted octanol–water partition coefficient (Wildman–Crippen LogP) is 3.03. The molecule has 0 aromatic rings. The fourth-order valence-corrected chi connectivity index (χ4v) is 2.58. The Bertz CT molecular complexity index is 386. The molecule has 0 heterocycles. The maximum atomic E-state index is 6.17. The highest BCUT2D eigenvalue weighted by molar-refractivity contribution is 5.47. The lowest BCUT2D eigenvalue weighted by molar-refractivity contribution is 0.341. The van der Waals surface area contributed by atoms with Gasteiger partial charge in [0.1, 0.15) is 0 Å². The standard InChI is InChI=1S/C15H24N2/c1-4-15(2,3)17-13-10-6-8-11-7-5-9-12(16)14(11)13/h6,8-9,13,17H,4-5,7,10,16H2,1-3H3. The summed E-state index contributed by atoms with van der Waals surface area (Å²) in [5, 5.41) is 3.74. The van der Waals surface area contributed by atoms with E-state index in [1.807, 2.05) is 0 Å². The van der Waals surface area contributed by atoms with E-state index >= 15 is 0 Å². The van der Waals surface area contributed by atoms with Gasteiger partial charge >= 0.3 is 0 Å². The SMILES string of the molecule is CCC(C)(C)NC1CC=CC2=C1C(N)=CCC2. The van der Waals surface area contributed by atoms with Crippen molar-refractivity contribution in [1.29, 1.82) is 0 Å². The fraction of sp³-hybridized carbons (Fsp3) is 0.600. The number of hydrogen-bond donors (Lipinski definition) is 2. The Hall–Kier alpha value is -1.02. The number of hydrogen-bond acceptors (Lipinski definition) is 2. The molecule has 0 aliphatic heterocycles. The molecular formula is C15H24N2. The summed E-state index contributed by atoms with van der Waals surface area (Å²) in [6.45, 7) is 6.74. The van der Waals surface area contributed by atoms with Gasteiger partial charge in [-0.3, -0.25) is 0 Å². The minimum Gasteiger partial charge on any atom is -0.399 e. The molecule has 94 valence electrons. The van der Waals surface area contributed by atoms with E-state index in [1.54, 1.807) is 0 Å². The van der Waals surface area contributed by atoms with Gasteiger partial charge in [-0.15, -0.1) is 0 Å². The highest BCUT2D eigenvalue weighted by atomic mass is 15.0. The molecule has 1 atom stereocenters. The van der Waals surface area contributed by atoms with Gasteiger partial charge in [-0.2, -0.15) is 0 Å². The molecule has 1 unspecified atom stereocenters. The third kappa shape index (κ3) is 2.63. The summed E-state index contributed by atoms with van der Waals surface area (Å²) < 4.78 is 0. The molecule has 3 N–H and O–H groups in total. The van der Waals surface area contributed by atoms with E-state index in [0.717, 1.165) is 31.4 Å². The molecular weight excluding hydrogens is 208 g/mol. The lowest BCUT2D eigenvalue weighted by atomic mass is 9.83. The van der Waals surface area contributed by atoms with Crippen molar-refractivity contribution in [2.45, 2.75) is 58.0 Å². The molecule has 0 fully saturated rings. The maximum absolute atomic E-state index is 6.17. The van der Waals surface area contributed by atoms with Crippen molar-refractivity contribution in [1.82, 2.24) is 5.32 Å². The van der Waals surface area contributed by atoms with Crippen LogP contribution in [0.15, 0.2) is 35.1 Å². The Kier molecular flexibility index (Phi) is 3.43. The van der Waals surface area contributed by atoms with Crippen LogP contribution < -0.4 is 11.1 Å². The Morgan fingerprint density at radius 3 is 2.94 bits per heavy atom. The van der Waals surface area contributed by atoms with Gasteiger partial charge in [-0.25, -0.2) is 0 Å². The summed E-state index contributed by atoms with van der Waals surface area (Å²) in [6, 6.07) is 0.390. The number of nitrogens with one attached hydrogen (secondary N) is 1. The molecule has 2 rings (SSSR count). The molecule has 0 radical (unpaired) electrons. The van der Waals surface area contributed by atoms with Crippen molar-refractivity contribution in [3.8, 4) is 0 Å². The Balaban J connectivity index is 2.22. The minimum absolute atomic E-state index is 0.172. The van der Waals surface area contributed by atoms with E-state index < -0.39 is 0 Å². The molecule has 0 amide bonds. The number of nitrogens with two attached hydrogens (primary N) is 1. The Morgan fingerprint density at radius 1 is 1.47 bits per heavy atom. The monoisotopic (exact) mass is 232 g/mol. The second-order valence-electron chi connectivity index (χ2n) is 5.71. The van der Waals surface area contributed by atoms with Crippen molar-refractivity contribution < 1.29 is 0 Å². The number of allylic oxidation sites excluding steroid dienone is 3. The van der Waals surface area contributed by atoms with Gasteiger partial charge in [-0.1, -0.05) is 25.2 Å². The molecule has 2 aliphatic carbocycles. The zero-order chi connectivity index (χ0) is 12.5. The first-order chi connectivity index (χ1) is 8.03. The van der Waals surface area contributed by atoms with Crippen LogP contribution in [0.25, 0.3) is 0 Å². The topological polar surface area (TPSA) is 38.0 Å². The van der Waals surface area contributed by atoms with Gasteiger partial charge in [0.15, 0.2) is 0 Å². The lowest BCUT2D eigenvalue weighted by Gasteiger charge is -2.35. The maximum Gasteiger partial charge on any atom is 0.0382 e. The predicted molar refractivity (Wildman–Crippen MR) is 73.6 cm³/mol. The fourth-order valence-electron chi connectivity index (χ4n) is 2.58. The molecule has 2 nitrogen and oxygen atoms in total. The molecule has 0 aromatic heterocycles. The van der Waals surface area contributed by atoms with E-state index in [2.05, 4.69) is 44.3 Å². The summed E-state index contributed by atoms with van der Waals surface area (Å²) in [5.41, 5.74) is 10.1. The van der Waals surface area contributed by atoms with Crippen LogP contribution in [0.3, 0.4) is 0 Å². The van der Waals surface area contributed by atoms with Gasteiger partial charge in [0.2, 0.25) is 0 Å². The third-order valence-corrected chi connectivity index (χ3v) is 3.92. The van der Waals surface area contributed by atoms with E-state index in [1.165, 1.54) is 11.1 Å². The average molecular weight is 232 g/mol. The molecule has 0 aromatic carbocycles. The molecule has 17 heavy (non-hydrogen) atoms. The second-order valence-corrected chi connectivity index (χ2v) is 5.71. The van der Waals surface area contributed by atoms with Gasteiger partial charge < -0.3 is 11.1 Å². The van der Waals surface area contributed by atoms with Crippen molar-refractivity contribution in [3.05, 3.63) is 35.1 Å². The molecule has 0 bridgehead atoms. The van der Waals surface area contributed by atoms with Crippen LogP contribution in [-0.4, -0.2) is 11.6 Å². The summed E-state index contributed by atoms with van der Waals surface area (Å²) in [5.74, 6) is 0. The van der Waals surface area contributed by atoms with Gasteiger partial charge in [0.05, 0.1) is 0 Å². The third-order valence-electron chi connectivity index (χ3n) is 3.92. The zero-order valence-corrected chi connectivity index (χ0v) is 11.2. The van der Waals surface area contributed by atoms with Crippen LogP contribution in [0.1, 0.15) is 46.5 Å². The minimum atomic E-state index is 0.172. The molecule has 0 saturated carbocycles. The Labute approximate surface area is 105 Å². The number of rotatable bonds is 3. The summed E-state index contributed by atoms with van der Waals surface area (Å²) in [4.78, 5) is 0. The highest BCUT2D eigenvalue weighted by Gasteiger charge is 2.27. The van der Waals surface area contributed by atoms with Crippen LogP contribution in [0, 0.1) is 0 Å². The molecule has 0 spiro atoms. The van der Waals surface area contributed by atoms with E-state index in [0.29, 0.717) is 6.04 Å². The van der Waals surface area contributed by atoms with Gasteiger partial charge in [0.25, 0.3) is 0 Å². The van der Waals surface area contributed by atoms with Crippen LogP contribution in [0.2, 0.25) is 0 Å². The van der Waals surface area contributed by atoms with E-state index in [4.69, 9.17) is 5.73 Å². The van der Waals surface area contributed by atoms with Crippen molar-refractivity contribution in [2.24, 2.45) is 5.73 Å². The van der Waals surface area contributed by atoms with Crippen LogP contribution in [-0.2, 0) is 0 Å². The van der Waals surface area contributed by atoms with Crippen LogP contribution in [0.4, 0.5) is 0 Å². The van der Waals surface area contributed by atoms with Crippen LogP contribution in [0.5, 0.6) is 0 Å². The van der Waals surface area contributed by atoms with Crippen molar-refractivity contribution in [2.75, 3.05) is 0 Å². The smallest absolute Gasteiger partial charge is 0.0382 e. The largest absolute Gasteiger partial charge is 0.399 e. The quantitative estimate of drug-likeness (QED) is 0.785. The molecule has 0 saturated heterocycles. The normalized spacial score (nSPS) is 24.6. The van der Waals surface area contributed by atoms with Gasteiger partial charge in [-0.05, 0) is 50.7 Å². The first kappa shape index (κ1) is 12.4. The van der Waals surface area contributed by atoms with Gasteiger partial charge in [0, 0.05) is 17.3 Å². The van der Waals surface area contributed by atoms with Crippen molar-refractivity contribution in [3.63, 3.8) is 0 Å². The summed E-state index contributed by atoms with van der Waals surface area (Å²) in [7, 11) is 0. The first-order valence-electron chi connectivity index (χ1n) is 6.67. The van der Waals surface area contributed by atoms with Crippen LogP contribution >= 0.6 is 0 Å². The molecule has 2 aliphatic rings. The summed E-state index contributed by atoms with van der Waals surface area (Å²) >= 11 is 0. The van der Waals surface area contributed by atoms with Crippen molar-refractivity contribution >= 4 is 0 Å². The highest BCUT2D eigenvalue weighted by Crippen LogP contribution is 2.31. The van der Waals surface area contributed by atoms with E-state index in [9.17, 15) is 0 Å². The summed E-state index contributed by atoms with van der Waals surface area (Å²) in [6.07, 6.45) is 11.1.